The van der Waals surface area contributed by atoms with Gasteiger partial charge in [0.15, 0.2) is 10.7 Å². The number of amides is 1. The van der Waals surface area contributed by atoms with Crippen LogP contribution in [0.4, 0.5) is 5.13 Å². The third-order valence-electron chi connectivity index (χ3n) is 5.16. The normalized spacial score (nSPS) is 11.2. The van der Waals surface area contributed by atoms with Gasteiger partial charge in [-0.25, -0.2) is 14.6 Å². The standard InChI is InChI=1S/C23H19N5O3S2/c1-14-20(21(30)28(27(14)2)15-8-4-3-5-9-15)17-12-32-22(24-17)26-19(29)13-33-23-25-16-10-6-7-11-18(16)31-23/h3-12H,13H2,1-2H3,(H,24,26,29). The molecule has 0 aliphatic carbocycles. The second-order valence-corrected chi connectivity index (χ2v) is 9.04. The monoisotopic (exact) mass is 477 g/mol. The highest BCUT2D eigenvalue weighted by molar-refractivity contribution is 7.99. The number of fused-ring (bicyclic) bond motifs is 1. The summed E-state index contributed by atoms with van der Waals surface area (Å²) in [4.78, 5) is 34.4. The fraction of sp³-hybridized carbons (Fsp3) is 0.130. The van der Waals surface area contributed by atoms with Gasteiger partial charge < -0.3 is 9.73 Å². The quantitative estimate of drug-likeness (QED) is 0.362. The molecule has 2 aromatic carbocycles. The van der Waals surface area contributed by atoms with Crippen LogP contribution in [0.3, 0.4) is 0 Å². The van der Waals surface area contributed by atoms with E-state index in [-0.39, 0.29) is 17.2 Å². The van der Waals surface area contributed by atoms with Gasteiger partial charge in [0.05, 0.1) is 22.7 Å². The van der Waals surface area contributed by atoms with Gasteiger partial charge in [0.25, 0.3) is 10.8 Å². The number of aromatic nitrogens is 4. The largest absolute Gasteiger partial charge is 0.431 e. The molecule has 0 spiro atoms. The van der Waals surface area contributed by atoms with Gasteiger partial charge in [-0.1, -0.05) is 42.1 Å². The fourth-order valence-corrected chi connectivity index (χ4v) is 4.86. The van der Waals surface area contributed by atoms with E-state index in [9.17, 15) is 9.59 Å². The number of nitrogens with one attached hydrogen (secondary N) is 1. The van der Waals surface area contributed by atoms with Gasteiger partial charge in [0.2, 0.25) is 5.91 Å². The summed E-state index contributed by atoms with van der Waals surface area (Å²) < 4.78 is 9.04. The first-order valence-corrected chi connectivity index (χ1v) is 12.0. The number of oxazole rings is 1. The van der Waals surface area contributed by atoms with Gasteiger partial charge >= 0.3 is 0 Å². The van der Waals surface area contributed by atoms with Crippen LogP contribution in [-0.2, 0) is 11.8 Å². The number of nitrogens with zero attached hydrogens (tertiary/aromatic N) is 4. The van der Waals surface area contributed by atoms with E-state index in [0.717, 1.165) is 16.9 Å². The van der Waals surface area contributed by atoms with E-state index < -0.39 is 0 Å². The van der Waals surface area contributed by atoms with Crippen LogP contribution in [0.1, 0.15) is 5.69 Å². The first-order valence-electron chi connectivity index (χ1n) is 10.1. The molecule has 0 aliphatic heterocycles. The molecule has 0 radical (unpaired) electrons. The van der Waals surface area contributed by atoms with Gasteiger partial charge in [0.1, 0.15) is 5.52 Å². The second kappa shape index (κ2) is 8.72. The smallest absolute Gasteiger partial charge is 0.281 e. The molecule has 5 aromatic rings. The summed E-state index contributed by atoms with van der Waals surface area (Å²) in [6, 6.07) is 16.9. The average molecular weight is 478 g/mol. The summed E-state index contributed by atoms with van der Waals surface area (Å²) in [5.41, 5.74) is 3.90. The maximum atomic E-state index is 13.2. The number of para-hydroxylation sites is 3. The van der Waals surface area contributed by atoms with Crippen LogP contribution < -0.4 is 10.9 Å². The molecule has 10 heteroatoms. The maximum Gasteiger partial charge on any atom is 0.281 e. The molecule has 8 nitrogen and oxygen atoms in total. The second-order valence-electron chi connectivity index (χ2n) is 7.26. The third-order valence-corrected chi connectivity index (χ3v) is 6.75. The van der Waals surface area contributed by atoms with Crippen LogP contribution in [0.25, 0.3) is 28.0 Å². The number of thiazole rings is 1. The van der Waals surface area contributed by atoms with Crippen LogP contribution >= 0.6 is 23.1 Å². The Labute approximate surface area is 196 Å². The van der Waals surface area contributed by atoms with Crippen molar-refractivity contribution < 1.29 is 9.21 Å². The number of hydrogen-bond donors (Lipinski definition) is 1. The Morgan fingerprint density at radius 1 is 1.12 bits per heavy atom. The molecule has 3 heterocycles. The number of anilines is 1. The third kappa shape index (κ3) is 4.10. The number of benzene rings is 2. The van der Waals surface area contributed by atoms with Crippen LogP contribution in [0.2, 0.25) is 0 Å². The van der Waals surface area contributed by atoms with Crippen molar-refractivity contribution in [3.8, 4) is 16.9 Å². The summed E-state index contributed by atoms with van der Waals surface area (Å²) in [5, 5.41) is 5.44. The fourth-order valence-electron chi connectivity index (χ4n) is 3.50. The minimum absolute atomic E-state index is 0.132. The molecular formula is C23H19N5O3S2. The lowest BCUT2D eigenvalue weighted by molar-refractivity contribution is -0.113. The molecule has 0 fully saturated rings. The Bertz CT molecular complexity index is 1480. The zero-order chi connectivity index (χ0) is 22.9. The van der Waals surface area contributed by atoms with Crippen LogP contribution in [0.5, 0.6) is 0 Å². The lowest BCUT2D eigenvalue weighted by atomic mass is 10.2. The predicted octanol–water partition coefficient (Wildman–Crippen LogP) is 4.48. The molecule has 0 unspecified atom stereocenters. The molecule has 166 valence electrons. The first-order chi connectivity index (χ1) is 16.0. The molecule has 0 saturated carbocycles. The van der Waals surface area contributed by atoms with E-state index in [4.69, 9.17) is 4.42 Å². The molecule has 3 aromatic heterocycles. The number of hydrogen-bond acceptors (Lipinski definition) is 7. The van der Waals surface area contributed by atoms with Crippen molar-refractivity contribution in [2.45, 2.75) is 12.1 Å². The van der Waals surface area contributed by atoms with Gasteiger partial charge in [-0.2, -0.15) is 0 Å². The molecule has 0 aliphatic rings. The number of carbonyl (C=O) groups excluding carboxylic acids is 1. The lowest BCUT2D eigenvalue weighted by Gasteiger charge is -2.07. The van der Waals surface area contributed by atoms with Crippen molar-refractivity contribution in [1.29, 1.82) is 0 Å². The Hall–Kier alpha value is -3.63. The molecule has 1 N–H and O–H groups in total. The Morgan fingerprint density at radius 3 is 2.67 bits per heavy atom. The minimum atomic E-state index is -0.227. The van der Waals surface area contributed by atoms with E-state index in [1.54, 1.807) is 10.1 Å². The lowest BCUT2D eigenvalue weighted by Crippen LogP contribution is -2.20. The average Bonchev–Trinajstić information content (AvgIpc) is 3.50. The van der Waals surface area contributed by atoms with Crippen molar-refractivity contribution in [2.75, 3.05) is 11.1 Å². The highest BCUT2D eigenvalue weighted by Crippen LogP contribution is 2.27. The van der Waals surface area contributed by atoms with Crippen LogP contribution in [-0.4, -0.2) is 31.0 Å². The zero-order valence-corrected chi connectivity index (χ0v) is 19.4. The van der Waals surface area contributed by atoms with Crippen molar-refractivity contribution in [2.24, 2.45) is 7.05 Å². The Morgan fingerprint density at radius 2 is 1.88 bits per heavy atom. The Balaban J connectivity index is 1.31. The molecule has 33 heavy (non-hydrogen) atoms. The van der Waals surface area contributed by atoms with Crippen molar-refractivity contribution >= 4 is 45.2 Å². The molecule has 0 atom stereocenters. The predicted molar refractivity (Wildman–Crippen MR) is 130 cm³/mol. The highest BCUT2D eigenvalue weighted by atomic mass is 32.2. The maximum absolute atomic E-state index is 13.2. The summed E-state index contributed by atoms with van der Waals surface area (Å²) in [6.45, 7) is 1.88. The summed E-state index contributed by atoms with van der Waals surface area (Å²) in [6.07, 6.45) is 0. The SMILES string of the molecule is Cc1c(-c2csc(NC(=O)CSc3nc4ccccc4o3)n2)c(=O)n(-c2ccccc2)n1C. The Kier molecular flexibility index (Phi) is 5.61. The van der Waals surface area contributed by atoms with E-state index in [0.29, 0.717) is 27.2 Å². The van der Waals surface area contributed by atoms with E-state index in [2.05, 4.69) is 15.3 Å². The van der Waals surface area contributed by atoms with Crippen LogP contribution in [0.15, 0.2) is 74.4 Å². The zero-order valence-electron chi connectivity index (χ0n) is 17.8. The number of thioether (sulfide) groups is 1. The summed E-state index contributed by atoms with van der Waals surface area (Å²) in [5.74, 6) is -0.0953. The number of carbonyl (C=O) groups is 1. The summed E-state index contributed by atoms with van der Waals surface area (Å²) >= 11 is 2.49. The van der Waals surface area contributed by atoms with Crippen LogP contribution in [0, 0.1) is 6.92 Å². The van der Waals surface area contributed by atoms with E-state index in [1.807, 2.05) is 73.3 Å². The van der Waals surface area contributed by atoms with E-state index in [1.165, 1.54) is 23.1 Å². The molecule has 5 rings (SSSR count). The minimum Gasteiger partial charge on any atom is -0.431 e. The summed E-state index contributed by atoms with van der Waals surface area (Å²) in [7, 11) is 1.84. The van der Waals surface area contributed by atoms with Crippen molar-refractivity contribution in [3.05, 3.63) is 76.0 Å². The highest BCUT2D eigenvalue weighted by Gasteiger charge is 2.20. The van der Waals surface area contributed by atoms with Gasteiger partial charge in [-0.15, -0.1) is 11.3 Å². The van der Waals surface area contributed by atoms with Crippen molar-refractivity contribution in [3.63, 3.8) is 0 Å². The van der Waals surface area contributed by atoms with Gasteiger partial charge in [0, 0.05) is 18.1 Å². The molecule has 1 amide bonds. The molecule has 0 saturated heterocycles. The topological polar surface area (TPSA) is 95.0 Å². The van der Waals surface area contributed by atoms with Crippen molar-refractivity contribution in [1.82, 2.24) is 19.3 Å². The van der Waals surface area contributed by atoms with Gasteiger partial charge in [-0.05, 0) is 31.2 Å². The van der Waals surface area contributed by atoms with E-state index >= 15 is 0 Å². The molecular weight excluding hydrogens is 458 g/mol. The molecule has 0 bridgehead atoms. The number of rotatable bonds is 6. The van der Waals surface area contributed by atoms with Gasteiger partial charge in [-0.3, -0.25) is 14.3 Å². The first kappa shape index (κ1) is 21.2.